The second-order valence-electron chi connectivity index (χ2n) is 7.38. The molecule has 25 heavy (non-hydrogen) atoms. The molecule has 8 heteroatoms. The lowest BCUT2D eigenvalue weighted by Gasteiger charge is -2.28. The summed E-state index contributed by atoms with van der Waals surface area (Å²) >= 11 is 0. The van der Waals surface area contributed by atoms with Gasteiger partial charge in [-0.2, -0.15) is 5.10 Å². The molecule has 1 N–H and O–H groups in total. The number of hydrogen-bond acceptors (Lipinski definition) is 5. The highest BCUT2D eigenvalue weighted by atomic mass is 32.2. The van der Waals surface area contributed by atoms with Gasteiger partial charge in [0, 0.05) is 37.4 Å². The highest BCUT2D eigenvalue weighted by molar-refractivity contribution is 7.94. The molecule has 0 radical (unpaired) electrons. The summed E-state index contributed by atoms with van der Waals surface area (Å²) in [6.07, 6.45) is 1.80. The second kappa shape index (κ2) is 7.29. The first-order valence-electron chi connectivity index (χ1n) is 8.76. The molecular formula is C17H26N4O3S. The SMILES string of the molecule is CC(C)CN1CCn2nc(CNC(=O)C[C@H]3C=CS(=O)(=O)C3)cc2C1. The fourth-order valence-electron chi connectivity index (χ4n) is 3.41. The summed E-state index contributed by atoms with van der Waals surface area (Å²) in [6.45, 7) is 8.67. The lowest BCUT2D eigenvalue weighted by molar-refractivity contribution is -0.121. The summed E-state index contributed by atoms with van der Waals surface area (Å²) in [6, 6.07) is 2.05. The minimum absolute atomic E-state index is 0.0326. The molecule has 0 bridgehead atoms. The second-order valence-corrected chi connectivity index (χ2v) is 9.31. The lowest BCUT2D eigenvalue weighted by atomic mass is 10.1. The van der Waals surface area contributed by atoms with Crippen LogP contribution in [0.1, 0.15) is 31.7 Å². The van der Waals surface area contributed by atoms with E-state index >= 15 is 0 Å². The Kier molecular flexibility index (Phi) is 5.29. The van der Waals surface area contributed by atoms with Crippen molar-refractivity contribution in [1.82, 2.24) is 20.0 Å². The minimum Gasteiger partial charge on any atom is -0.350 e. The molecule has 138 valence electrons. The number of carbonyl (C=O) groups is 1. The van der Waals surface area contributed by atoms with Crippen molar-refractivity contribution >= 4 is 15.7 Å². The fraction of sp³-hybridized carbons (Fsp3) is 0.647. The third kappa shape index (κ3) is 4.92. The number of rotatable bonds is 6. The molecule has 3 heterocycles. The number of fused-ring (bicyclic) bond motifs is 1. The molecule has 0 spiro atoms. The van der Waals surface area contributed by atoms with Crippen LogP contribution in [0.4, 0.5) is 0 Å². The Hall–Kier alpha value is -1.67. The number of amides is 1. The van der Waals surface area contributed by atoms with Crippen molar-refractivity contribution in [3.05, 3.63) is 28.9 Å². The van der Waals surface area contributed by atoms with Crippen LogP contribution in [0.25, 0.3) is 0 Å². The van der Waals surface area contributed by atoms with E-state index in [2.05, 4.69) is 29.2 Å². The predicted octanol–water partition coefficient (Wildman–Crippen LogP) is 0.919. The van der Waals surface area contributed by atoms with E-state index in [-0.39, 0.29) is 24.0 Å². The molecule has 1 atom stereocenters. The summed E-state index contributed by atoms with van der Waals surface area (Å²) < 4.78 is 24.8. The van der Waals surface area contributed by atoms with Gasteiger partial charge in [0.15, 0.2) is 9.84 Å². The minimum atomic E-state index is -3.11. The lowest BCUT2D eigenvalue weighted by Crippen LogP contribution is -2.36. The van der Waals surface area contributed by atoms with Gasteiger partial charge in [-0.15, -0.1) is 0 Å². The number of allylic oxidation sites excluding steroid dienone is 1. The van der Waals surface area contributed by atoms with Crippen molar-refractivity contribution in [2.24, 2.45) is 11.8 Å². The topological polar surface area (TPSA) is 84.3 Å². The van der Waals surface area contributed by atoms with Crippen molar-refractivity contribution in [3.8, 4) is 0 Å². The van der Waals surface area contributed by atoms with Gasteiger partial charge in [-0.05, 0) is 12.0 Å². The molecule has 1 aromatic rings. The summed E-state index contributed by atoms with van der Waals surface area (Å²) in [7, 11) is -3.11. The van der Waals surface area contributed by atoms with E-state index in [0.717, 1.165) is 31.9 Å². The van der Waals surface area contributed by atoms with Gasteiger partial charge in [-0.3, -0.25) is 14.4 Å². The maximum Gasteiger partial charge on any atom is 0.220 e. The van der Waals surface area contributed by atoms with Crippen molar-refractivity contribution in [3.63, 3.8) is 0 Å². The Morgan fingerprint density at radius 3 is 2.88 bits per heavy atom. The van der Waals surface area contributed by atoms with Gasteiger partial charge < -0.3 is 5.32 Å². The van der Waals surface area contributed by atoms with E-state index in [0.29, 0.717) is 12.5 Å². The summed E-state index contributed by atoms with van der Waals surface area (Å²) in [5.74, 6) is 0.316. The molecule has 0 aliphatic carbocycles. The Labute approximate surface area is 149 Å². The molecule has 2 aliphatic heterocycles. The first-order chi connectivity index (χ1) is 11.8. The summed E-state index contributed by atoms with van der Waals surface area (Å²) in [5.41, 5.74) is 2.03. The van der Waals surface area contributed by atoms with E-state index in [1.54, 1.807) is 6.08 Å². The molecule has 0 aromatic carbocycles. The zero-order valence-corrected chi connectivity index (χ0v) is 15.6. The van der Waals surface area contributed by atoms with Crippen LogP contribution in [-0.2, 0) is 34.3 Å². The van der Waals surface area contributed by atoms with Gasteiger partial charge in [0.05, 0.1) is 30.2 Å². The van der Waals surface area contributed by atoms with Gasteiger partial charge in [0.1, 0.15) is 0 Å². The molecule has 0 fully saturated rings. The van der Waals surface area contributed by atoms with Gasteiger partial charge in [0.2, 0.25) is 5.91 Å². The standard InChI is InChI=1S/C17H26N4O3S/c1-13(2)10-20-4-5-21-16(11-20)8-15(19-21)9-18-17(22)7-14-3-6-25(23,24)12-14/h3,6,8,13-14H,4-5,7,9-12H2,1-2H3,(H,18,22)/t14-/m1/s1. The van der Waals surface area contributed by atoms with Crippen LogP contribution in [0.5, 0.6) is 0 Å². The highest BCUT2D eigenvalue weighted by Gasteiger charge is 2.24. The number of nitrogens with one attached hydrogen (secondary N) is 1. The normalized spacial score (nSPS) is 22.3. The van der Waals surface area contributed by atoms with E-state index in [4.69, 9.17) is 0 Å². The van der Waals surface area contributed by atoms with Gasteiger partial charge >= 0.3 is 0 Å². The molecule has 7 nitrogen and oxygen atoms in total. The van der Waals surface area contributed by atoms with E-state index in [1.165, 1.54) is 11.1 Å². The molecule has 1 amide bonds. The van der Waals surface area contributed by atoms with Crippen LogP contribution in [-0.4, -0.2) is 47.8 Å². The summed E-state index contributed by atoms with van der Waals surface area (Å²) in [4.78, 5) is 14.4. The van der Waals surface area contributed by atoms with Gasteiger partial charge in [0.25, 0.3) is 0 Å². The number of nitrogens with zero attached hydrogens (tertiary/aromatic N) is 3. The zero-order chi connectivity index (χ0) is 18.0. The predicted molar refractivity (Wildman–Crippen MR) is 95.2 cm³/mol. The average molecular weight is 366 g/mol. The first-order valence-corrected chi connectivity index (χ1v) is 10.5. The average Bonchev–Trinajstić information content (AvgIpc) is 3.06. The Morgan fingerprint density at radius 2 is 2.20 bits per heavy atom. The maximum absolute atomic E-state index is 12.0. The van der Waals surface area contributed by atoms with Gasteiger partial charge in [-0.25, -0.2) is 8.42 Å². The Balaban J connectivity index is 1.49. The highest BCUT2D eigenvalue weighted by Crippen LogP contribution is 2.18. The largest absolute Gasteiger partial charge is 0.350 e. The third-order valence-corrected chi connectivity index (χ3v) is 5.93. The third-order valence-electron chi connectivity index (χ3n) is 4.47. The molecule has 0 saturated heterocycles. The van der Waals surface area contributed by atoms with Crippen LogP contribution < -0.4 is 5.32 Å². The number of carbonyl (C=O) groups excluding carboxylic acids is 1. The number of sulfone groups is 1. The zero-order valence-electron chi connectivity index (χ0n) is 14.8. The van der Waals surface area contributed by atoms with Crippen molar-refractivity contribution in [2.75, 3.05) is 18.8 Å². The number of hydrogen-bond donors (Lipinski definition) is 1. The molecule has 1 aromatic heterocycles. The van der Waals surface area contributed by atoms with Crippen LogP contribution in [0, 0.1) is 11.8 Å². The fourth-order valence-corrected chi connectivity index (χ4v) is 4.80. The molecule has 0 unspecified atom stereocenters. The van der Waals surface area contributed by atoms with Crippen LogP contribution in [0.3, 0.4) is 0 Å². The van der Waals surface area contributed by atoms with Crippen LogP contribution >= 0.6 is 0 Å². The van der Waals surface area contributed by atoms with Gasteiger partial charge in [-0.1, -0.05) is 19.9 Å². The monoisotopic (exact) mass is 366 g/mol. The molecular weight excluding hydrogens is 340 g/mol. The Bertz CT molecular complexity index is 767. The van der Waals surface area contributed by atoms with Crippen molar-refractivity contribution in [2.45, 2.75) is 39.9 Å². The molecule has 3 rings (SSSR count). The van der Waals surface area contributed by atoms with E-state index < -0.39 is 9.84 Å². The smallest absolute Gasteiger partial charge is 0.220 e. The summed E-state index contributed by atoms with van der Waals surface area (Å²) in [5, 5.41) is 8.61. The maximum atomic E-state index is 12.0. The number of aromatic nitrogens is 2. The van der Waals surface area contributed by atoms with Crippen molar-refractivity contribution < 1.29 is 13.2 Å². The van der Waals surface area contributed by atoms with E-state index in [1.807, 2.05) is 10.7 Å². The van der Waals surface area contributed by atoms with Crippen LogP contribution in [0.2, 0.25) is 0 Å². The van der Waals surface area contributed by atoms with E-state index in [9.17, 15) is 13.2 Å². The molecule has 0 saturated carbocycles. The Morgan fingerprint density at radius 1 is 1.40 bits per heavy atom. The molecule has 2 aliphatic rings. The van der Waals surface area contributed by atoms with Crippen molar-refractivity contribution in [1.29, 1.82) is 0 Å². The van der Waals surface area contributed by atoms with Crippen LogP contribution in [0.15, 0.2) is 17.6 Å². The first kappa shape index (κ1) is 18.1. The quantitative estimate of drug-likeness (QED) is 0.809.